The van der Waals surface area contributed by atoms with Crippen LogP contribution in [0.5, 0.6) is 0 Å². The van der Waals surface area contributed by atoms with Crippen molar-refractivity contribution in [2.45, 2.75) is 116 Å². The summed E-state index contributed by atoms with van der Waals surface area (Å²) in [4.78, 5) is 37.0. The lowest BCUT2D eigenvalue weighted by molar-refractivity contribution is -0.285. The van der Waals surface area contributed by atoms with Crippen LogP contribution in [-0.2, 0) is 38.1 Å². The highest BCUT2D eigenvalue weighted by molar-refractivity contribution is 5.69. The van der Waals surface area contributed by atoms with Gasteiger partial charge in [0, 0.05) is 50.9 Å². The topological polar surface area (TPSA) is 118 Å². The van der Waals surface area contributed by atoms with E-state index in [-0.39, 0.29) is 35.7 Å². The molecule has 11 atom stereocenters. The van der Waals surface area contributed by atoms with Crippen molar-refractivity contribution in [1.82, 2.24) is 0 Å². The Labute approximate surface area is 207 Å². The van der Waals surface area contributed by atoms with Gasteiger partial charge in [0.15, 0.2) is 17.5 Å². The largest absolute Gasteiger partial charge is 0.458 e. The average Bonchev–Trinajstić information content (AvgIpc) is 3.24. The maximum atomic E-state index is 12.4. The zero-order chi connectivity index (χ0) is 26.1. The van der Waals surface area contributed by atoms with Gasteiger partial charge in [-0.05, 0) is 32.6 Å². The molecule has 0 aromatic rings. The molecule has 0 aromatic carbocycles. The molecule has 0 amide bonds. The first kappa shape index (κ1) is 26.4. The zero-order valence-electron chi connectivity index (χ0n) is 22.0. The number of hydrogen-bond acceptors (Lipinski definition) is 9. The molecule has 3 heterocycles. The maximum Gasteiger partial charge on any atom is 0.303 e. The molecule has 4 bridgehead atoms. The summed E-state index contributed by atoms with van der Waals surface area (Å²) in [7, 11) is 0. The summed E-state index contributed by atoms with van der Waals surface area (Å²) < 4.78 is 30.9. The molecule has 0 radical (unpaired) electrons. The molecular formula is C26H40O9. The Balaban J connectivity index is 1.93. The molecule has 4 aliphatic rings. The molecule has 35 heavy (non-hydrogen) atoms. The number of aliphatic hydroxyl groups is 1. The smallest absolute Gasteiger partial charge is 0.303 e. The Morgan fingerprint density at radius 1 is 1.00 bits per heavy atom. The van der Waals surface area contributed by atoms with Gasteiger partial charge in [-0.15, -0.1) is 0 Å². The van der Waals surface area contributed by atoms with Gasteiger partial charge in [-0.1, -0.05) is 20.8 Å². The fourth-order valence-corrected chi connectivity index (χ4v) is 7.65. The van der Waals surface area contributed by atoms with Crippen molar-refractivity contribution < 1.29 is 43.2 Å². The summed E-state index contributed by atoms with van der Waals surface area (Å²) >= 11 is 0. The van der Waals surface area contributed by atoms with Crippen molar-refractivity contribution in [1.29, 1.82) is 0 Å². The molecule has 0 aromatic heterocycles. The maximum absolute atomic E-state index is 12.4. The van der Waals surface area contributed by atoms with Gasteiger partial charge in [-0.3, -0.25) is 14.4 Å². The Morgan fingerprint density at radius 3 is 2.17 bits per heavy atom. The number of rotatable bonds is 4. The third kappa shape index (κ3) is 4.17. The Hall–Kier alpha value is -1.71. The molecule has 4 fully saturated rings. The zero-order valence-corrected chi connectivity index (χ0v) is 22.0. The van der Waals surface area contributed by atoms with Crippen molar-refractivity contribution >= 4 is 17.9 Å². The molecule has 0 unspecified atom stereocenters. The second-order valence-corrected chi connectivity index (χ2v) is 11.8. The van der Waals surface area contributed by atoms with E-state index in [1.807, 2.05) is 27.7 Å². The van der Waals surface area contributed by atoms with E-state index in [0.29, 0.717) is 19.3 Å². The van der Waals surface area contributed by atoms with Crippen molar-refractivity contribution in [3.05, 3.63) is 0 Å². The van der Waals surface area contributed by atoms with Crippen LogP contribution in [-0.4, -0.2) is 64.4 Å². The van der Waals surface area contributed by atoms with Gasteiger partial charge in [0.25, 0.3) is 0 Å². The monoisotopic (exact) mass is 496 g/mol. The SMILES string of the molecule is CC(=O)O[C@H]1[C@H](C(C)C)[C@@H]2[C@@H]([C@H]3C[C@@H](C)[C@@]4(O)CC[C@](C)(O4)[C@@H]2O3)[C@](C)(OC(C)=O)[C@H]1OC(C)=O. The molecule has 9 nitrogen and oxygen atoms in total. The molecule has 9 heteroatoms. The Kier molecular flexibility index (Phi) is 6.55. The molecule has 4 rings (SSSR count). The molecule has 198 valence electrons. The van der Waals surface area contributed by atoms with Gasteiger partial charge >= 0.3 is 17.9 Å². The van der Waals surface area contributed by atoms with E-state index in [0.717, 1.165) is 0 Å². The van der Waals surface area contributed by atoms with Crippen LogP contribution in [0.3, 0.4) is 0 Å². The molecule has 3 saturated heterocycles. The van der Waals surface area contributed by atoms with Crippen LogP contribution in [0.1, 0.15) is 74.7 Å². The third-order valence-corrected chi connectivity index (χ3v) is 8.91. The van der Waals surface area contributed by atoms with E-state index in [2.05, 4.69) is 0 Å². The lowest BCUT2D eigenvalue weighted by Crippen LogP contribution is -2.69. The fourth-order valence-electron chi connectivity index (χ4n) is 7.65. The second-order valence-electron chi connectivity index (χ2n) is 11.8. The van der Waals surface area contributed by atoms with Crippen molar-refractivity contribution in [2.75, 3.05) is 0 Å². The quantitative estimate of drug-likeness (QED) is 0.463. The van der Waals surface area contributed by atoms with Crippen molar-refractivity contribution in [3.8, 4) is 0 Å². The highest BCUT2D eigenvalue weighted by Crippen LogP contribution is 2.62. The predicted octanol–water partition coefficient (Wildman–Crippen LogP) is 2.75. The van der Waals surface area contributed by atoms with E-state index in [9.17, 15) is 19.5 Å². The van der Waals surface area contributed by atoms with Crippen LogP contribution < -0.4 is 0 Å². The molecule has 3 aliphatic heterocycles. The van der Waals surface area contributed by atoms with Gasteiger partial charge in [0.05, 0.1) is 17.8 Å². The second kappa shape index (κ2) is 8.70. The molecular weight excluding hydrogens is 456 g/mol. The first-order chi connectivity index (χ1) is 16.1. The Bertz CT molecular complexity index is 888. The van der Waals surface area contributed by atoms with Gasteiger partial charge in [-0.2, -0.15) is 0 Å². The number of fused-ring (bicyclic) bond motifs is 8. The molecule has 1 N–H and O–H groups in total. The number of carbonyl (C=O) groups is 3. The lowest BCUT2D eigenvalue weighted by Gasteiger charge is -2.55. The normalized spacial score (nSPS) is 48.5. The van der Waals surface area contributed by atoms with Gasteiger partial charge in [-0.25, -0.2) is 0 Å². The van der Waals surface area contributed by atoms with Gasteiger partial charge < -0.3 is 28.8 Å². The molecule has 0 spiro atoms. The van der Waals surface area contributed by atoms with E-state index in [1.165, 1.54) is 20.8 Å². The summed E-state index contributed by atoms with van der Waals surface area (Å²) in [6, 6.07) is 0. The van der Waals surface area contributed by atoms with Crippen LogP contribution in [0, 0.1) is 29.6 Å². The summed E-state index contributed by atoms with van der Waals surface area (Å²) in [5.74, 6) is -3.95. The summed E-state index contributed by atoms with van der Waals surface area (Å²) in [6.45, 7) is 13.7. The minimum absolute atomic E-state index is 0.0127. The summed E-state index contributed by atoms with van der Waals surface area (Å²) in [5.41, 5.74) is -2.10. The first-order valence-corrected chi connectivity index (χ1v) is 12.7. The molecule has 1 saturated carbocycles. The van der Waals surface area contributed by atoms with Crippen LogP contribution in [0.4, 0.5) is 0 Å². The minimum Gasteiger partial charge on any atom is -0.458 e. The Morgan fingerprint density at radius 2 is 1.63 bits per heavy atom. The number of esters is 3. The van der Waals surface area contributed by atoms with E-state index < -0.39 is 53.2 Å². The number of hydrogen-bond donors (Lipinski definition) is 1. The van der Waals surface area contributed by atoms with Gasteiger partial charge in [0.1, 0.15) is 6.10 Å². The number of carbonyl (C=O) groups excluding carboxylic acids is 3. The summed E-state index contributed by atoms with van der Waals surface area (Å²) in [6.07, 6.45) is -1.09. The van der Waals surface area contributed by atoms with Crippen molar-refractivity contribution in [2.24, 2.45) is 29.6 Å². The highest BCUT2D eigenvalue weighted by Gasteiger charge is 2.73. The standard InChI is InChI=1S/C26H40O9/c1-12(2)18-19-20(17-11-13(3)26(30)10-9-24(7,35-26)22(19)33-17)25(8,34-16(6)29)23(32-15(5)28)21(18)31-14(4)27/h12-13,17-23,30H,9-11H2,1-8H3/t13-,17-,18-,19-,20-,21+,22-,23+,24+,25+,26-/m1/s1. The van der Waals surface area contributed by atoms with Crippen LogP contribution in [0.25, 0.3) is 0 Å². The van der Waals surface area contributed by atoms with E-state index >= 15 is 0 Å². The average molecular weight is 497 g/mol. The summed E-state index contributed by atoms with van der Waals surface area (Å²) in [5, 5.41) is 11.3. The van der Waals surface area contributed by atoms with Crippen LogP contribution in [0.2, 0.25) is 0 Å². The highest BCUT2D eigenvalue weighted by atomic mass is 16.7. The van der Waals surface area contributed by atoms with Gasteiger partial charge in [0.2, 0.25) is 0 Å². The predicted molar refractivity (Wildman–Crippen MR) is 123 cm³/mol. The van der Waals surface area contributed by atoms with E-state index in [1.54, 1.807) is 6.92 Å². The van der Waals surface area contributed by atoms with Crippen molar-refractivity contribution in [3.63, 3.8) is 0 Å². The number of ether oxygens (including phenoxy) is 5. The fraction of sp³-hybridized carbons (Fsp3) is 0.885. The minimum atomic E-state index is -1.32. The van der Waals surface area contributed by atoms with E-state index in [4.69, 9.17) is 23.7 Å². The lowest BCUT2D eigenvalue weighted by atomic mass is 9.55. The van der Waals surface area contributed by atoms with Crippen LogP contribution in [0.15, 0.2) is 0 Å². The van der Waals surface area contributed by atoms with Crippen LogP contribution >= 0.6 is 0 Å². The first-order valence-electron chi connectivity index (χ1n) is 12.7. The third-order valence-electron chi connectivity index (χ3n) is 8.91. The molecule has 1 aliphatic carbocycles.